The van der Waals surface area contributed by atoms with Crippen molar-refractivity contribution in [2.75, 3.05) is 12.5 Å². The molecule has 0 radical (unpaired) electrons. The first-order chi connectivity index (χ1) is 5.60. The molecule has 0 atom stereocenters. The van der Waals surface area contributed by atoms with E-state index in [0.29, 0.717) is 0 Å². The Balaban J connectivity index is -0.000000105. The minimum Gasteiger partial charge on any atom is -0.0988 e. The molecule has 0 unspecified atom stereocenters. The van der Waals surface area contributed by atoms with Crippen LogP contribution in [-0.4, -0.2) is 16.8 Å². The fourth-order valence-electron chi connectivity index (χ4n) is 0. The van der Waals surface area contributed by atoms with E-state index in [-0.39, 0.29) is 0 Å². The summed E-state index contributed by atoms with van der Waals surface area (Å²) in [5, 5.41) is 0. The van der Waals surface area contributed by atoms with Crippen molar-refractivity contribution >= 4 is 50.3 Å². The van der Waals surface area contributed by atoms with Crippen LogP contribution >= 0.6 is 46.0 Å². The average molecular weight is 238 g/mol. The molecule has 0 aliphatic rings. The van der Waals surface area contributed by atoms with Crippen LogP contribution in [0.5, 0.6) is 0 Å². The van der Waals surface area contributed by atoms with E-state index in [2.05, 4.69) is 50.1 Å². The molecular weight excluding hydrogens is 224 g/mol. The predicted octanol–water partition coefficient (Wildman–Crippen LogP) is 4.39. The maximum Gasteiger partial charge on any atom is 0.0297 e. The summed E-state index contributed by atoms with van der Waals surface area (Å²) in [4.78, 5) is 0. The number of hydrogen-bond donors (Lipinski definition) is 0. The van der Waals surface area contributed by atoms with Gasteiger partial charge in [-0.15, -0.1) is 0 Å². The zero-order chi connectivity index (χ0) is 10.4. The summed E-state index contributed by atoms with van der Waals surface area (Å²) in [5.74, 6) is 0. The maximum atomic E-state index is 3.96. The summed E-state index contributed by atoms with van der Waals surface area (Å²) in [7, 11) is 3.55. The molecule has 0 fully saturated rings. The maximum absolute atomic E-state index is 3.96. The summed E-state index contributed by atoms with van der Waals surface area (Å²) in [5.41, 5.74) is 1.02. The number of thiocarbonyl (C=S) groups is 2. The summed E-state index contributed by atoms with van der Waals surface area (Å²) < 4.78 is 1.92. The highest BCUT2D eigenvalue weighted by molar-refractivity contribution is 8.76. The van der Waals surface area contributed by atoms with Gasteiger partial charge in [0.2, 0.25) is 0 Å². The number of hydrogen-bond acceptors (Lipinski definition) is 4. The van der Waals surface area contributed by atoms with E-state index in [1.165, 1.54) is 0 Å². The Morgan fingerprint density at radius 1 is 1.33 bits per heavy atom. The van der Waals surface area contributed by atoms with Crippen LogP contribution in [0, 0.1) is 0 Å². The molecule has 0 aliphatic heterocycles. The SMILES string of the molecule is C=CC(=C)C.CSSC.S=C=S. The Morgan fingerprint density at radius 2 is 1.50 bits per heavy atom. The molecule has 0 aromatic heterocycles. The third kappa shape index (κ3) is 79.5. The highest BCUT2D eigenvalue weighted by Crippen LogP contribution is 2.09. The van der Waals surface area contributed by atoms with Crippen molar-refractivity contribution < 1.29 is 0 Å². The molecule has 0 aromatic rings. The van der Waals surface area contributed by atoms with Crippen LogP contribution in [0.2, 0.25) is 0 Å². The lowest BCUT2D eigenvalue weighted by Gasteiger charge is -1.71. The van der Waals surface area contributed by atoms with E-state index in [1.54, 1.807) is 27.7 Å². The molecule has 0 rings (SSSR count). The van der Waals surface area contributed by atoms with E-state index in [0.717, 1.165) is 5.57 Å². The van der Waals surface area contributed by atoms with Crippen molar-refractivity contribution in [3.63, 3.8) is 0 Å². The van der Waals surface area contributed by atoms with E-state index < -0.39 is 0 Å². The first-order valence-electron chi connectivity index (χ1n) is 2.94. The van der Waals surface area contributed by atoms with Crippen LogP contribution in [-0.2, 0) is 0 Å². The normalized spacial score (nSPS) is 5.92. The highest BCUT2D eigenvalue weighted by atomic mass is 33.1. The Morgan fingerprint density at radius 3 is 1.50 bits per heavy atom. The zero-order valence-electron chi connectivity index (χ0n) is 7.62. The van der Waals surface area contributed by atoms with Gasteiger partial charge in [-0.1, -0.05) is 46.4 Å². The van der Waals surface area contributed by atoms with Gasteiger partial charge < -0.3 is 0 Å². The largest absolute Gasteiger partial charge is 0.0988 e. The van der Waals surface area contributed by atoms with Gasteiger partial charge >= 0.3 is 0 Å². The number of allylic oxidation sites excluding steroid dienone is 2. The van der Waals surface area contributed by atoms with Crippen molar-refractivity contribution in [3.05, 3.63) is 24.8 Å². The van der Waals surface area contributed by atoms with Gasteiger partial charge in [-0.2, -0.15) is 0 Å². The van der Waals surface area contributed by atoms with Crippen molar-refractivity contribution in [1.29, 1.82) is 0 Å². The second kappa shape index (κ2) is 22.5. The van der Waals surface area contributed by atoms with Gasteiger partial charge in [-0.25, -0.2) is 0 Å². The van der Waals surface area contributed by atoms with Crippen molar-refractivity contribution in [2.45, 2.75) is 6.92 Å². The second-order valence-corrected chi connectivity index (χ2v) is 4.80. The molecular formula is C8H14S4. The van der Waals surface area contributed by atoms with E-state index in [4.69, 9.17) is 0 Å². The second-order valence-electron chi connectivity index (χ2n) is 1.47. The smallest absolute Gasteiger partial charge is 0.0297 e. The predicted molar refractivity (Wildman–Crippen MR) is 72.2 cm³/mol. The van der Waals surface area contributed by atoms with Gasteiger partial charge in [0.15, 0.2) is 0 Å². The Hall–Kier alpha value is 0.400. The Kier molecular flexibility index (Phi) is 34.2. The quantitative estimate of drug-likeness (QED) is 0.397. The van der Waals surface area contributed by atoms with Gasteiger partial charge in [0.05, 0.1) is 0 Å². The third-order valence-electron chi connectivity index (χ3n) is 0.515. The van der Waals surface area contributed by atoms with Crippen molar-refractivity contribution in [2.24, 2.45) is 0 Å². The minimum absolute atomic E-state index is 1.02. The lowest BCUT2D eigenvalue weighted by Crippen LogP contribution is -1.50. The summed E-state index contributed by atoms with van der Waals surface area (Å²) >= 11 is 7.92. The topological polar surface area (TPSA) is 0 Å². The molecule has 0 aromatic carbocycles. The van der Waals surface area contributed by atoms with Crippen LogP contribution in [0.1, 0.15) is 6.92 Å². The summed E-state index contributed by atoms with van der Waals surface area (Å²) in [6.07, 6.45) is 5.84. The molecule has 0 spiro atoms. The lowest BCUT2D eigenvalue weighted by molar-refractivity contribution is 1.58. The van der Waals surface area contributed by atoms with Gasteiger partial charge in [0.25, 0.3) is 0 Å². The van der Waals surface area contributed by atoms with Crippen LogP contribution in [0.3, 0.4) is 0 Å². The Bertz CT molecular complexity index is 132. The lowest BCUT2D eigenvalue weighted by atomic mass is 10.4. The fraction of sp³-hybridized carbons (Fsp3) is 0.375. The molecule has 70 valence electrons. The van der Waals surface area contributed by atoms with E-state index in [1.807, 2.05) is 11.2 Å². The first kappa shape index (κ1) is 18.2. The molecule has 12 heavy (non-hydrogen) atoms. The van der Waals surface area contributed by atoms with Gasteiger partial charge in [0, 0.05) is 4.31 Å². The monoisotopic (exact) mass is 238 g/mol. The molecule has 0 heterocycles. The van der Waals surface area contributed by atoms with Crippen LogP contribution in [0.4, 0.5) is 0 Å². The minimum atomic E-state index is 1.02. The van der Waals surface area contributed by atoms with Gasteiger partial charge in [0.1, 0.15) is 0 Å². The van der Waals surface area contributed by atoms with Gasteiger partial charge in [-0.05, 0) is 43.9 Å². The molecule has 0 nitrogen and oxygen atoms in total. The average Bonchev–Trinajstić information content (AvgIpc) is 2.06. The van der Waals surface area contributed by atoms with Crippen molar-refractivity contribution in [3.8, 4) is 0 Å². The molecule has 4 heteroatoms. The molecule has 0 saturated carbocycles. The Labute approximate surface area is 94.3 Å². The standard InChI is InChI=1S/C5H8.C2H6S2.CS2/c1-4-5(2)3;1-3-4-2;2-1-3/h4H,1-2H2,3H3;1-2H3;. The van der Waals surface area contributed by atoms with Crippen LogP contribution in [0.15, 0.2) is 24.8 Å². The van der Waals surface area contributed by atoms with Crippen LogP contribution < -0.4 is 0 Å². The molecule has 0 saturated heterocycles. The molecule has 0 N–H and O–H groups in total. The first-order valence-corrected chi connectivity index (χ1v) is 6.72. The van der Waals surface area contributed by atoms with Crippen molar-refractivity contribution in [1.82, 2.24) is 0 Å². The molecule has 0 amide bonds. The summed E-state index contributed by atoms with van der Waals surface area (Å²) in [6.45, 7) is 8.93. The molecule has 0 aliphatic carbocycles. The van der Waals surface area contributed by atoms with Gasteiger partial charge in [-0.3, -0.25) is 0 Å². The fourth-order valence-corrected chi connectivity index (χ4v) is 0. The number of rotatable bonds is 2. The molecule has 0 bridgehead atoms. The van der Waals surface area contributed by atoms with E-state index >= 15 is 0 Å². The highest BCUT2D eigenvalue weighted by Gasteiger charge is 1.59. The van der Waals surface area contributed by atoms with E-state index in [9.17, 15) is 0 Å². The van der Waals surface area contributed by atoms with Crippen LogP contribution in [0.25, 0.3) is 0 Å². The zero-order valence-corrected chi connectivity index (χ0v) is 10.9. The summed E-state index contributed by atoms with van der Waals surface area (Å²) in [6, 6.07) is 0. The third-order valence-corrected chi connectivity index (χ3v) is 1.85.